The number of amides is 1. The first-order chi connectivity index (χ1) is 13.7. The van der Waals surface area contributed by atoms with Gasteiger partial charge in [0, 0.05) is 24.4 Å². The molecule has 0 saturated carbocycles. The van der Waals surface area contributed by atoms with Crippen molar-refractivity contribution in [3.05, 3.63) is 66.6 Å². The number of nitrogens with one attached hydrogen (secondary N) is 1. The van der Waals surface area contributed by atoms with Gasteiger partial charge in [0.15, 0.2) is 0 Å². The number of rotatable bonds is 7. The second kappa shape index (κ2) is 8.85. The first-order valence-electron chi connectivity index (χ1n) is 8.84. The standard InChI is InChI=1S/C21H22N4O3/c1-4-25(15-8-6-5-7-9-15)21(26)18-13-20(23-14-22-18)24-17-12-16(27-2)10-11-19(17)28-3/h5-14H,4H2,1-3H3,(H,22,23,24). The third kappa shape index (κ3) is 4.20. The van der Waals surface area contributed by atoms with Gasteiger partial charge >= 0.3 is 0 Å². The predicted molar refractivity (Wildman–Crippen MR) is 109 cm³/mol. The van der Waals surface area contributed by atoms with Crippen molar-refractivity contribution in [3.63, 3.8) is 0 Å². The van der Waals surface area contributed by atoms with Crippen molar-refractivity contribution in [2.24, 2.45) is 0 Å². The van der Waals surface area contributed by atoms with Crippen LogP contribution in [0, 0.1) is 0 Å². The summed E-state index contributed by atoms with van der Waals surface area (Å²) in [6.45, 7) is 2.45. The zero-order chi connectivity index (χ0) is 19.9. The fraction of sp³-hybridized carbons (Fsp3) is 0.190. The average Bonchev–Trinajstić information content (AvgIpc) is 2.75. The second-order valence-corrected chi connectivity index (χ2v) is 5.86. The molecule has 3 aromatic rings. The van der Waals surface area contributed by atoms with Crippen LogP contribution >= 0.6 is 0 Å². The van der Waals surface area contributed by atoms with Crippen LogP contribution in [0.3, 0.4) is 0 Å². The van der Waals surface area contributed by atoms with Gasteiger partial charge in [-0.3, -0.25) is 4.79 Å². The Morgan fingerprint density at radius 1 is 1.04 bits per heavy atom. The smallest absolute Gasteiger partial charge is 0.277 e. The second-order valence-electron chi connectivity index (χ2n) is 5.86. The van der Waals surface area contributed by atoms with E-state index < -0.39 is 0 Å². The van der Waals surface area contributed by atoms with E-state index in [0.29, 0.717) is 35.2 Å². The molecule has 1 N–H and O–H groups in total. The van der Waals surface area contributed by atoms with E-state index in [1.165, 1.54) is 6.33 Å². The molecular weight excluding hydrogens is 356 g/mol. The third-order valence-corrected chi connectivity index (χ3v) is 4.18. The molecule has 144 valence electrons. The Bertz CT molecular complexity index is 947. The van der Waals surface area contributed by atoms with Gasteiger partial charge in [-0.15, -0.1) is 0 Å². The van der Waals surface area contributed by atoms with Crippen LogP contribution in [0.5, 0.6) is 11.5 Å². The molecule has 0 radical (unpaired) electrons. The molecular formula is C21H22N4O3. The molecule has 1 heterocycles. The van der Waals surface area contributed by atoms with E-state index in [4.69, 9.17) is 9.47 Å². The van der Waals surface area contributed by atoms with E-state index in [-0.39, 0.29) is 5.91 Å². The summed E-state index contributed by atoms with van der Waals surface area (Å²) < 4.78 is 10.6. The van der Waals surface area contributed by atoms with Gasteiger partial charge in [-0.25, -0.2) is 9.97 Å². The SMILES string of the molecule is CCN(C(=O)c1cc(Nc2cc(OC)ccc2OC)ncn1)c1ccccc1. The largest absolute Gasteiger partial charge is 0.497 e. The molecule has 1 amide bonds. The molecule has 7 nitrogen and oxygen atoms in total. The van der Waals surface area contributed by atoms with Crippen molar-refractivity contribution in [2.75, 3.05) is 31.0 Å². The molecule has 0 saturated heterocycles. The minimum Gasteiger partial charge on any atom is -0.497 e. The minimum atomic E-state index is -0.197. The van der Waals surface area contributed by atoms with E-state index in [1.54, 1.807) is 43.4 Å². The lowest BCUT2D eigenvalue weighted by molar-refractivity contribution is 0.0983. The van der Waals surface area contributed by atoms with Crippen molar-refractivity contribution >= 4 is 23.1 Å². The van der Waals surface area contributed by atoms with Gasteiger partial charge in [0.05, 0.1) is 19.9 Å². The first-order valence-corrected chi connectivity index (χ1v) is 8.84. The van der Waals surface area contributed by atoms with Gasteiger partial charge < -0.3 is 19.7 Å². The number of carbonyl (C=O) groups excluding carboxylic acids is 1. The van der Waals surface area contributed by atoms with Crippen LogP contribution in [0.4, 0.5) is 17.2 Å². The Hall–Kier alpha value is -3.61. The van der Waals surface area contributed by atoms with Crippen LogP contribution in [0.15, 0.2) is 60.9 Å². The summed E-state index contributed by atoms with van der Waals surface area (Å²) in [4.78, 5) is 23.0. The van der Waals surface area contributed by atoms with Crippen LogP contribution in [0.1, 0.15) is 17.4 Å². The van der Waals surface area contributed by atoms with Gasteiger partial charge in [0.25, 0.3) is 5.91 Å². The summed E-state index contributed by atoms with van der Waals surface area (Å²) in [7, 11) is 3.18. The maximum absolute atomic E-state index is 13.0. The van der Waals surface area contributed by atoms with E-state index in [9.17, 15) is 4.79 Å². The number of nitrogens with zero attached hydrogens (tertiary/aromatic N) is 3. The zero-order valence-corrected chi connectivity index (χ0v) is 16.0. The quantitative estimate of drug-likeness (QED) is 0.672. The topological polar surface area (TPSA) is 76.6 Å². The molecule has 0 aliphatic heterocycles. The first kappa shape index (κ1) is 19.2. The zero-order valence-electron chi connectivity index (χ0n) is 16.0. The van der Waals surface area contributed by atoms with Crippen LogP contribution in [-0.4, -0.2) is 36.6 Å². The summed E-state index contributed by atoms with van der Waals surface area (Å²) in [5.74, 6) is 1.59. The van der Waals surface area contributed by atoms with Crippen molar-refractivity contribution in [1.29, 1.82) is 0 Å². The molecule has 0 unspecified atom stereocenters. The highest BCUT2D eigenvalue weighted by Gasteiger charge is 2.18. The van der Waals surface area contributed by atoms with Gasteiger partial charge in [0.2, 0.25) is 0 Å². The third-order valence-electron chi connectivity index (χ3n) is 4.18. The van der Waals surface area contributed by atoms with Crippen molar-refractivity contribution in [2.45, 2.75) is 6.92 Å². The number of aromatic nitrogens is 2. The highest BCUT2D eigenvalue weighted by atomic mass is 16.5. The maximum atomic E-state index is 13.0. The average molecular weight is 378 g/mol. The summed E-state index contributed by atoms with van der Waals surface area (Å²) in [5.41, 5.74) is 1.79. The molecule has 1 aromatic heterocycles. The van der Waals surface area contributed by atoms with Crippen LogP contribution in [0.2, 0.25) is 0 Å². The van der Waals surface area contributed by atoms with E-state index in [0.717, 1.165) is 5.69 Å². The molecule has 7 heteroatoms. The van der Waals surface area contributed by atoms with Crippen LogP contribution in [0.25, 0.3) is 0 Å². The number of hydrogen-bond donors (Lipinski definition) is 1. The molecule has 0 atom stereocenters. The highest BCUT2D eigenvalue weighted by Crippen LogP contribution is 2.31. The monoisotopic (exact) mass is 378 g/mol. The van der Waals surface area contributed by atoms with Crippen LogP contribution < -0.4 is 19.7 Å². The van der Waals surface area contributed by atoms with Crippen molar-refractivity contribution in [3.8, 4) is 11.5 Å². The Balaban J connectivity index is 1.87. The normalized spacial score (nSPS) is 10.2. The van der Waals surface area contributed by atoms with E-state index >= 15 is 0 Å². The number of ether oxygens (including phenoxy) is 2. The number of anilines is 3. The maximum Gasteiger partial charge on any atom is 0.277 e. The fourth-order valence-corrected chi connectivity index (χ4v) is 2.78. The van der Waals surface area contributed by atoms with E-state index in [1.807, 2.05) is 37.3 Å². The summed E-state index contributed by atoms with van der Waals surface area (Å²) in [6.07, 6.45) is 1.36. The Labute approximate surface area is 164 Å². The van der Waals surface area contributed by atoms with Gasteiger partial charge in [-0.2, -0.15) is 0 Å². The number of methoxy groups -OCH3 is 2. The van der Waals surface area contributed by atoms with Crippen molar-refractivity contribution in [1.82, 2.24) is 9.97 Å². The lowest BCUT2D eigenvalue weighted by Gasteiger charge is -2.20. The Morgan fingerprint density at radius 2 is 1.82 bits per heavy atom. The van der Waals surface area contributed by atoms with E-state index in [2.05, 4.69) is 15.3 Å². The predicted octanol–water partition coefficient (Wildman–Crippen LogP) is 3.90. The summed E-state index contributed by atoms with van der Waals surface area (Å²) in [6, 6.07) is 16.5. The minimum absolute atomic E-state index is 0.197. The highest BCUT2D eigenvalue weighted by molar-refractivity contribution is 6.05. The number of hydrogen-bond acceptors (Lipinski definition) is 6. The summed E-state index contributed by atoms with van der Waals surface area (Å²) in [5, 5.41) is 3.16. The lowest BCUT2D eigenvalue weighted by Crippen LogP contribution is -2.31. The molecule has 0 aliphatic carbocycles. The number of para-hydroxylation sites is 1. The van der Waals surface area contributed by atoms with Gasteiger partial charge in [-0.05, 0) is 31.2 Å². The molecule has 0 spiro atoms. The summed E-state index contributed by atoms with van der Waals surface area (Å²) >= 11 is 0. The molecule has 2 aromatic carbocycles. The van der Waals surface area contributed by atoms with Gasteiger partial charge in [0.1, 0.15) is 29.3 Å². The number of benzene rings is 2. The van der Waals surface area contributed by atoms with Gasteiger partial charge in [-0.1, -0.05) is 18.2 Å². The molecule has 28 heavy (non-hydrogen) atoms. The lowest BCUT2D eigenvalue weighted by atomic mass is 10.2. The van der Waals surface area contributed by atoms with Crippen LogP contribution in [-0.2, 0) is 0 Å². The van der Waals surface area contributed by atoms with Crippen molar-refractivity contribution < 1.29 is 14.3 Å². The fourth-order valence-electron chi connectivity index (χ4n) is 2.78. The Morgan fingerprint density at radius 3 is 2.50 bits per heavy atom. The molecule has 0 bridgehead atoms. The molecule has 3 rings (SSSR count). The number of carbonyl (C=O) groups is 1. The molecule has 0 fully saturated rings. The molecule has 0 aliphatic rings. The Kier molecular flexibility index (Phi) is 6.06.